The number of nitrogens with one attached hydrogen (secondary N) is 1. The molecule has 2 nitrogen and oxygen atoms in total. The Hall–Kier alpha value is -5.42. The second kappa shape index (κ2) is 11.8. The number of allylic oxidation sites excluding steroid dienone is 3. The van der Waals surface area contributed by atoms with E-state index in [-0.39, 0.29) is 0 Å². The van der Waals surface area contributed by atoms with Crippen LogP contribution in [0.1, 0.15) is 51.1 Å². The molecule has 0 unspecified atom stereocenters. The van der Waals surface area contributed by atoms with Crippen LogP contribution in [0.25, 0.3) is 33.9 Å². The van der Waals surface area contributed by atoms with E-state index in [9.17, 15) is 0 Å². The highest BCUT2D eigenvalue weighted by molar-refractivity contribution is 8.00. The van der Waals surface area contributed by atoms with Gasteiger partial charge in [0.2, 0.25) is 0 Å². The van der Waals surface area contributed by atoms with E-state index in [0.717, 1.165) is 19.4 Å². The number of benzene rings is 6. The van der Waals surface area contributed by atoms with Crippen molar-refractivity contribution < 1.29 is 0 Å². The molecule has 11 rings (SSSR count). The molecule has 52 heavy (non-hydrogen) atoms. The van der Waals surface area contributed by atoms with Gasteiger partial charge in [0, 0.05) is 42.9 Å². The van der Waals surface area contributed by atoms with Crippen molar-refractivity contribution in [2.24, 2.45) is 0 Å². The fraction of sp³-hybridized carbons (Fsp3) is 0.0833. The molecule has 0 saturated heterocycles. The lowest BCUT2D eigenvalue weighted by Crippen LogP contribution is -2.36. The molecule has 1 spiro atoms. The molecule has 0 bridgehead atoms. The number of aryl methyl sites for hydroxylation is 1. The minimum atomic E-state index is -0.423. The van der Waals surface area contributed by atoms with E-state index in [2.05, 4.69) is 174 Å². The Morgan fingerprint density at radius 3 is 1.96 bits per heavy atom. The smallest absolute Gasteiger partial charge is 0.0745 e. The van der Waals surface area contributed by atoms with E-state index in [1.165, 1.54) is 92.1 Å². The largest absolute Gasteiger partial charge is 0.381 e. The summed E-state index contributed by atoms with van der Waals surface area (Å²) in [4.78, 5) is 5.31. The first-order valence-electron chi connectivity index (χ1n) is 18.1. The van der Waals surface area contributed by atoms with E-state index < -0.39 is 5.41 Å². The first kappa shape index (κ1) is 30.2. The van der Waals surface area contributed by atoms with Crippen molar-refractivity contribution >= 4 is 51.8 Å². The predicted molar refractivity (Wildman–Crippen MR) is 218 cm³/mol. The molecule has 7 aromatic rings. The minimum absolute atomic E-state index is 0.423. The molecule has 4 heterocycles. The molecule has 0 saturated carbocycles. The van der Waals surface area contributed by atoms with Gasteiger partial charge in [0.25, 0.3) is 0 Å². The number of dihydropyridines is 1. The highest BCUT2D eigenvalue weighted by Crippen LogP contribution is 2.62. The molecule has 3 aliphatic heterocycles. The number of rotatable bonds is 3. The summed E-state index contributed by atoms with van der Waals surface area (Å²) in [6.07, 6.45) is 11.0. The summed E-state index contributed by atoms with van der Waals surface area (Å²) in [6, 6.07) is 52.4. The number of nitrogens with zero attached hydrogens (tertiary/aromatic N) is 1. The highest BCUT2D eigenvalue weighted by atomic mass is 32.2. The van der Waals surface area contributed by atoms with Crippen LogP contribution >= 0.6 is 23.5 Å². The maximum atomic E-state index is 3.60. The number of aromatic nitrogens is 1. The lowest BCUT2D eigenvalue weighted by molar-refractivity contribution is 0.666. The lowest BCUT2D eigenvalue weighted by atomic mass is 9.64. The Kier molecular flexibility index (Phi) is 6.87. The molecule has 1 aromatic heterocycles. The summed E-state index contributed by atoms with van der Waals surface area (Å²) >= 11 is 3.83. The quantitative estimate of drug-likeness (QED) is 0.198. The van der Waals surface area contributed by atoms with E-state index in [1.54, 1.807) is 0 Å². The fourth-order valence-electron chi connectivity index (χ4n) is 9.02. The van der Waals surface area contributed by atoms with Gasteiger partial charge >= 0.3 is 0 Å². The van der Waals surface area contributed by atoms with Gasteiger partial charge in [-0.25, -0.2) is 0 Å². The number of hydrogen-bond acceptors (Lipinski definition) is 3. The van der Waals surface area contributed by atoms with Crippen LogP contribution in [0, 0.1) is 0 Å². The summed E-state index contributed by atoms with van der Waals surface area (Å²) in [5, 5.41) is 4.96. The summed E-state index contributed by atoms with van der Waals surface area (Å²) < 4.78 is 2.46. The van der Waals surface area contributed by atoms with Gasteiger partial charge in [-0.15, -0.1) is 0 Å². The third-order valence-corrected chi connectivity index (χ3v) is 13.5. The van der Waals surface area contributed by atoms with Crippen molar-refractivity contribution in [1.82, 2.24) is 9.88 Å². The molecular weight excluding hydrogens is 669 g/mol. The van der Waals surface area contributed by atoms with Gasteiger partial charge in [0.15, 0.2) is 0 Å². The summed E-state index contributed by atoms with van der Waals surface area (Å²) in [5.41, 5.74) is 15.4. The third-order valence-electron chi connectivity index (χ3n) is 11.3. The molecule has 6 aromatic carbocycles. The third kappa shape index (κ3) is 4.41. The molecule has 1 aliphatic carbocycles. The number of para-hydroxylation sites is 2. The zero-order valence-corrected chi connectivity index (χ0v) is 30.1. The normalized spacial score (nSPS) is 16.2. The van der Waals surface area contributed by atoms with E-state index >= 15 is 0 Å². The Labute approximate surface area is 312 Å². The second-order valence-corrected chi connectivity index (χ2v) is 16.1. The van der Waals surface area contributed by atoms with Gasteiger partial charge in [0.05, 0.1) is 16.6 Å². The maximum absolute atomic E-state index is 3.60. The molecule has 248 valence electrons. The Morgan fingerprint density at radius 1 is 0.577 bits per heavy atom. The molecular formula is C48H34N2S2. The lowest BCUT2D eigenvalue weighted by Gasteiger charge is -2.45. The topological polar surface area (TPSA) is 17.0 Å². The van der Waals surface area contributed by atoms with Crippen LogP contribution in [0.5, 0.6) is 0 Å². The standard InChI is InChI=1S/C48H34N2S2/c1-2-12-34(13-3-1)50-42-18-7-4-14-35(42)36-24-21-31(28-43(36)50)32-22-25-39-46(29-32)52-47-30-33(41-17-10-11-27-49-41)23-26-40(47)48(39)37-15-5-8-19-44(37)51-45-20-9-6-16-38(45)48/h1-20,22-23,25-26,28-30,49H,21,24,27H2. The Balaban J connectivity index is 1.13. The van der Waals surface area contributed by atoms with Crippen molar-refractivity contribution in [3.05, 3.63) is 202 Å². The van der Waals surface area contributed by atoms with Crippen molar-refractivity contribution in [3.63, 3.8) is 0 Å². The summed E-state index contributed by atoms with van der Waals surface area (Å²) in [6.45, 7) is 0.851. The molecule has 0 amide bonds. The van der Waals surface area contributed by atoms with Crippen LogP contribution in [-0.2, 0) is 11.8 Å². The van der Waals surface area contributed by atoms with Gasteiger partial charge in [-0.05, 0) is 112 Å². The van der Waals surface area contributed by atoms with Crippen molar-refractivity contribution in [3.8, 4) is 5.69 Å². The Morgan fingerprint density at radius 2 is 1.21 bits per heavy atom. The van der Waals surface area contributed by atoms with Crippen LogP contribution in [0.3, 0.4) is 0 Å². The van der Waals surface area contributed by atoms with Crippen molar-refractivity contribution in [2.45, 2.75) is 37.8 Å². The van der Waals surface area contributed by atoms with Crippen molar-refractivity contribution in [1.29, 1.82) is 0 Å². The van der Waals surface area contributed by atoms with E-state index in [0.29, 0.717) is 0 Å². The molecule has 0 atom stereocenters. The van der Waals surface area contributed by atoms with Gasteiger partial charge in [0.1, 0.15) is 0 Å². The minimum Gasteiger partial charge on any atom is -0.381 e. The zero-order valence-electron chi connectivity index (χ0n) is 28.5. The van der Waals surface area contributed by atoms with Gasteiger partial charge in [-0.2, -0.15) is 0 Å². The summed E-state index contributed by atoms with van der Waals surface area (Å²) in [7, 11) is 0. The molecule has 4 aliphatic rings. The first-order chi connectivity index (χ1) is 25.8. The van der Waals surface area contributed by atoms with Crippen molar-refractivity contribution in [2.75, 3.05) is 6.54 Å². The zero-order chi connectivity index (χ0) is 34.2. The number of hydrogen-bond donors (Lipinski definition) is 1. The first-order valence-corrected chi connectivity index (χ1v) is 19.7. The van der Waals surface area contributed by atoms with Gasteiger partial charge in [-0.1, -0.05) is 133 Å². The number of fused-ring (bicyclic) bond motifs is 11. The van der Waals surface area contributed by atoms with E-state index in [4.69, 9.17) is 0 Å². The van der Waals surface area contributed by atoms with Crippen LogP contribution in [0.4, 0.5) is 0 Å². The van der Waals surface area contributed by atoms with Gasteiger partial charge in [-0.3, -0.25) is 0 Å². The summed E-state index contributed by atoms with van der Waals surface area (Å²) in [5.74, 6) is 0. The van der Waals surface area contributed by atoms with Crippen LogP contribution < -0.4 is 5.32 Å². The Bertz CT molecular complexity index is 2650. The fourth-order valence-corrected chi connectivity index (χ4v) is 11.5. The SMILES string of the molecule is C1=CCNC(c2ccc3c(c2)Sc2cc(C4=Cc5c(c6ccccc6n5-c5ccccc5)CC4)ccc2C32c3ccccc3Sc3ccccc32)=C1. The predicted octanol–water partition coefficient (Wildman–Crippen LogP) is 11.9. The van der Waals surface area contributed by atoms with E-state index in [1.807, 2.05) is 23.5 Å². The molecule has 0 radical (unpaired) electrons. The molecule has 4 heteroatoms. The van der Waals surface area contributed by atoms with Crippen LogP contribution in [0.2, 0.25) is 0 Å². The van der Waals surface area contributed by atoms with Crippen LogP contribution in [-0.4, -0.2) is 11.1 Å². The monoisotopic (exact) mass is 702 g/mol. The van der Waals surface area contributed by atoms with Gasteiger partial charge < -0.3 is 9.88 Å². The molecule has 0 fully saturated rings. The van der Waals surface area contributed by atoms with Crippen LogP contribution in [0.15, 0.2) is 177 Å². The average Bonchev–Trinajstić information content (AvgIpc) is 3.54. The average molecular weight is 703 g/mol. The molecule has 1 N–H and O–H groups in total. The second-order valence-electron chi connectivity index (χ2n) is 14.0. The highest BCUT2D eigenvalue weighted by Gasteiger charge is 2.48. The maximum Gasteiger partial charge on any atom is 0.0745 e.